The van der Waals surface area contributed by atoms with Crippen molar-refractivity contribution in [1.29, 1.82) is 5.53 Å². The summed E-state index contributed by atoms with van der Waals surface area (Å²) in [5, 5.41) is 5.81. The molecule has 0 aliphatic carbocycles. The van der Waals surface area contributed by atoms with Gasteiger partial charge in [0.1, 0.15) is 6.04 Å². The van der Waals surface area contributed by atoms with Gasteiger partial charge in [0.25, 0.3) is 0 Å². The van der Waals surface area contributed by atoms with Crippen LogP contribution < -0.4 is 0 Å². The Hall–Kier alpha value is -0.800. The first-order chi connectivity index (χ1) is 3.72. The van der Waals surface area contributed by atoms with Gasteiger partial charge in [-0.3, -0.25) is 0 Å². The van der Waals surface area contributed by atoms with Crippen LogP contribution in [0.4, 0.5) is 0 Å². The van der Waals surface area contributed by atoms with Crippen LogP contribution in [-0.2, 0) is 0 Å². The maximum Gasteiger partial charge on any atom is 0.113 e. The number of hydrogen-bond acceptors (Lipinski definition) is 4. The van der Waals surface area contributed by atoms with Gasteiger partial charge in [-0.15, -0.1) is 0 Å². The van der Waals surface area contributed by atoms with Gasteiger partial charge in [-0.05, 0) is 13.8 Å². The third kappa shape index (κ3) is 1.77. The van der Waals surface area contributed by atoms with Crippen molar-refractivity contribution in [1.82, 2.24) is 0 Å². The predicted octanol–water partition coefficient (Wildman–Crippen LogP) is 1.56. The molecule has 4 heteroatoms. The summed E-state index contributed by atoms with van der Waals surface area (Å²) in [4.78, 5) is 9.71. The van der Waals surface area contributed by atoms with E-state index in [2.05, 4.69) is 10.3 Å². The van der Waals surface area contributed by atoms with Crippen LogP contribution in [0.25, 0.3) is 0 Å². The fourth-order valence-electron chi connectivity index (χ4n) is 0.196. The van der Waals surface area contributed by atoms with Crippen LogP contribution in [0.1, 0.15) is 13.8 Å². The third-order valence-corrected chi connectivity index (χ3v) is 1.07. The highest BCUT2D eigenvalue weighted by molar-refractivity contribution is 4.70. The highest BCUT2D eigenvalue weighted by Gasteiger charge is 2.08. The number of nitrogens with zero attached hydrogens (tertiary/aromatic N) is 2. The van der Waals surface area contributed by atoms with Crippen molar-refractivity contribution >= 4 is 0 Å². The van der Waals surface area contributed by atoms with Gasteiger partial charge in [-0.25, -0.2) is 5.53 Å². The van der Waals surface area contributed by atoms with Gasteiger partial charge in [0.2, 0.25) is 0 Å². The molecule has 2 atom stereocenters. The minimum absolute atomic E-state index is 0.271. The number of nitroso groups, excluding NO2 is 1. The summed E-state index contributed by atoms with van der Waals surface area (Å²) in [6.45, 7) is 3.31. The van der Waals surface area contributed by atoms with Crippen LogP contribution in [0.3, 0.4) is 0 Å². The van der Waals surface area contributed by atoms with Crippen molar-refractivity contribution in [2.75, 3.05) is 0 Å². The molecule has 8 heavy (non-hydrogen) atoms. The molecule has 0 aliphatic rings. The van der Waals surface area contributed by atoms with E-state index in [9.17, 15) is 4.91 Å². The first kappa shape index (κ1) is 7.20. The molecular weight excluding hydrogens is 106 g/mol. The zero-order valence-corrected chi connectivity index (χ0v) is 4.96. The summed E-state index contributed by atoms with van der Waals surface area (Å²) >= 11 is 0. The summed E-state index contributed by atoms with van der Waals surface area (Å²) < 4.78 is 0. The molecule has 0 bridgehead atoms. The number of nitrogens with one attached hydrogen (secondary N) is 1. The molecular formula is C4H9N3O. The lowest BCUT2D eigenvalue weighted by atomic mass is 10.2. The van der Waals surface area contributed by atoms with E-state index in [4.69, 9.17) is 5.53 Å². The van der Waals surface area contributed by atoms with Gasteiger partial charge in [0, 0.05) is 0 Å². The highest BCUT2D eigenvalue weighted by atomic mass is 16.3. The Kier molecular flexibility index (Phi) is 2.91. The monoisotopic (exact) mass is 115 g/mol. The third-order valence-electron chi connectivity index (χ3n) is 1.07. The Labute approximate surface area is 47.8 Å². The summed E-state index contributed by atoms with van der Waals surface area (Å²) in [6.07, 6.45) is 0. The lowest BCUT2D eigenvalue weighted by Gasteiger charge is -2.02. The van der Waals surface area contributed by atoms with Crippen LogP contribution in [0.15, 0.2) is 10.3 Å². The Bertz CT molecular complexity index is 81.3. The molecule has 46 valence electrons. The highest BCUT2D eigenvalue weighted by Crippen LogP contribution is 1.99. The molecule has 4 nitrogen and oxygen atoms in total. The first-order valence-corrected chi connectivity index (χ1v) is 2.41. The zero-order chi connectivity index (χ0) is 6.57. The molecule has 0 heterocycles. The molecule has 2 unspecified atom stereocenters. The molecule has 0 aromatic carbocycles. The van der Waals surface area contributed by atoms with Crippen LogP contribution >= 0.6 is 0 Å². The van der Waals surface area contributed by atoms with Gasteiger partial charge in [-0.2, -0.15) is 10.0 Å². The second-order valence-electron chi connectivity index (χ2n) is 1.72. The van der Waals surface area contributed by atoms with E-state index in [0.717, 1.165) is 0 Å². The minimum Gasteiger partial charge on any atom is -0.210 e. The van der Waals surface area contributed by atoms with Crippen LogP contribution in [0.2, 0.25) is 0 Å². The summed E-state index contributed by atoms with van der Waals surface area (Å²) in [6, 6.07) is -0.639. The van der Waals surface area contributed by atoms with E-state index in [1.54, 1.807) is 13.8 Å². The van der Waals surface area contributed by atoms with E-state index >= 15 is 0 Å². The molecule has 1 N–H and O–H groups in total. The standard InChI is InChI=1S/C4H9N3O/c1-3(6-5)4(2)7-8/h3-5H,1-2H3. The van der Waals surface area contributed by atoms with E-state index < -0.39 is 0 Å². The quantitative estimate of drug-likeness (QED) is 0.440. The average Bonchev–Trinajstić information content (AvgIpc) is 1.84. The van der Waals surface area contributed by atoms with Crippen molar-refractivity contribution in [3.8, 4) is 0 Å². The summed E-state index contributed by atoms with van der Waals surface area (Å²) in [5.41, 5.74) is 6.47. The molecule has 0 fully saturated rings. The van der Waals surface area contributed by atoms with Crippen molar-refractivity contribution in [2.45, 2.75) is 25.9 Å². The molecule has 0 radical (unpaired) electrons. The predicted molar refractivity (Wildman–Crippen MR) is 29.9 cm³/mol. The largest absolute Gasteiger partial charge is 0.210 e. The molecule has 0 spiro atoms. The zero-order valence-electron chi connectivity index (χ0n) is 4.96. The van der Waals surface area contributed by atoms with E-state index in [1.165, 1.54) is 0 Å². The minimum atomic E-state index is -0.368. The molecule has 0 amide bonds. The lowest BCUT2D eigenvalue weighted by Crippen LogP contribution is -2.13. The van der Waals surface area contributed by atoms with Crippen molar-refractivity contribution in [2.24, 2.45) is 10.3 Å². The smallest absolute Gasteiger partial charge is 0.113 e. The Balaban J connectivity index is 3.60. The molecule has 0 rings (SSSR count). The van der Waals surface area contributed by atoms with Gasteiger partial charge in [0.05, 0.1) is 6.04 Å². The van der Waals surface area contributed by atoms with Gasteiger partial charge in [0.15, 0.2) is 0 Å². The first-order valence-electron chi connectivity index (χ1n) is 2.41. The maximum atomic E-state index is 9.71. The SMILES string of the molecule is CC(N=N)C(C)N=O. The Morgan fingerprint density at radius 3 is 2.00 bits per heavy atom. The fraction of sp³-hybridized carbons (Fsp3) is 1.00. The van der Waals surface area contributed by atoms with Crippen molar-refractivity contribution in [3.05, 3.63) is 4.91 Å². The van der Waals surface area contributed by atoms with Crippen LogP contribution in [-0.4, -0.2) is 12.1 Å². The topological polar surface area (TPSA) is 65.6 Å². The number of hydrogen-bond donors (Lipinski definition) is 1. The van der Waals surface area contributed by atoms with Crippen molar-refractivity contribution < 1.29 is 0 Å². The van der Waals surface area contributed by atoms with Gasteiger partial charge in [-0.1, -0.05) is 5.18 Å². The lowest BCUT2D eigenvalue weighted by molar-refractivity contribution is 0.569. The van der Waals surface area contributed by atoms with E-state index in [-0.39, 0.29) is 12.1 Å². The fourth-order valence-corrected chi connectivity index (χ4v) is 0.196. The van der Waals surface area contributed by atoms with E-state index in [0.29, 0.717) is 0 Å². The van der Waals surface area contributed by atoms with Crippen LogP contribution in [0, 0.1) is 10.4 Å². The summed E-state index contributed by atoms with van der Waals surface area (Å²) in [5.74, 6) is 0. The molecule has 0 saturated carbocycles. The van der Waals surface area contributed by atoms with Crippen molar-refractivity contribution in [3.63, 3.8) is 0 Å². The molecule has 0 aromatic heterocycles. The van der Waals surface area contributed by atoms with Gasteiger partial charge >= 0.3 is 0 Å². The maximum absolute atomic E-state index is 9.71. The normalized spacial score (nSPS) is 16.8. The molecule has 0 saturated heterocycles. The molecule has 0 aromatic rings. The number of rotatable bonds is 3. The average molecular weight is 115 g/mol. The molecule has 0 aliphatic heterocycles. The Morgan fingerprint density at radius 1 is 1.38 bits per heavy atom. The second kappa shape index (κ2) is 3.23. The summed E-state index contributed by atoms with van der Waals surface area (Å²) in [7, 11) is 0. The Morgan fingerprint density at radius 2 is 1.88 bits per heavy atom. The second-order valence-corrected chi connectivity index (χ2v) is 1.72. The van der Waals surface area contributed by atoms with Crippen LogP contribution in [0.5, 0.6) is 0 Å². The van der Waals surface area contributed by atoms with Gasteiger partial charge < -0.3 is 0 Å². The van der Waals surface area contributed by atoms with E-state index in [1.807, 2.05) is 0 Å².